The van der Waals surface area contributed by atoms with Crippen molar-refractivity contribution >= 4 is 17.4 Å². The highest BCUT2D eigenvalue weighted by Gasteiger charge is 2.23. The largest absolute Gasteiger partial charge is 0.285 e. The molecule has 1 aliphatic rings. The molecule has 7 heteroatoms. The van der Waals surface area contributed by atoms with Crippen molar-refractivity contribution in [2.24, 2.45) is 10.9 Å². The molecule has 1 aromatic rings. The Balaban J connectivity index is 2.07. The van der Waals surface area contributed by atoms with Gasteiger partial charge in [-0.2, -0.15) is 0 Å². The van der Waals surface area contributed by atoms with E-state index in [0.717, 1.165) is 5.56 Å². The zero-order valence-corrected chi connectivity index (χ0v) is 12.0. The molecule has 1 unspecified atom stereocenters. The van der Waals surface area contributed by atoms with Gasteiger partial charge in [0.05, 0.1) is 4.92 Å². The third-order valence-corrected chi connectivity index (χ3v) is 3.16. The van der Waals surface area contributed by atoms with E-state index in [1.165, 1.54) is 12.1 Å². The molecule has 2 N–H and O–H groups in total. The lowest BCUT2D eigenvalue weighted by Gasteiger charge is -2.23. The van der Waals surface area contributed by atoms with Crippen LogP contribution in [-0.2, 0) is 11.2 Å². The normalized spacial score (nSPS) is 18.0. The highest BCUT2D eigenvalue weighted by molar-refractivity contribution is 5.94. The number of hydrogen-bond donors (Lipinski definition) is 2. The Bertz CT molecular complexity index is 566. The molecule has 0 spiro atoms. The summed E-state index contributed by atoms with van der Waals surface area (Å²) >= 11 is 0. The van der Waals surface area contributed by atoms with Crippen molar-refractivity contribution in [3.8, 4) is 0 Å². The van der Waals surface area contributed by atoms with Gasteiger partial charge in [0.15, 0.2) is 0 Å². The summed E-state index contributed by atoms with van der Waals surface area (Å²) < 4.78 is 0. The average Bonchev–Trinajstić information content (AvgIpc) is 2.42. The highest BCUT2D eigenvalue weighted by Crippen LogP contribution is 2.14. The monoisotopic (exact) mass is 290 g/mol. The highest BCUT2D eigenvalue weighted by atomic mass is 16.6. The van der Waals surface area contributed by atoms with Crippen LogP contribution in [0.3, 0.4) is 0 Å². The van der Waals surface area contributed by atoms with Crippen LogP contribution in [0.4, 0.5) is 5.69 Å². The van der Waals surface area contributed by atoms with E-state index < -0.39 is 4.92 Å². The number of rotatable bonds is 5. The van der Waals surface area contributed by atoms with Gasteiger partial charge in [0.1, 0.15) is 11.9 Å². The molecule has 0 bridgehead atoms. The van der Waals surface area contributed by atoms with Crippen LogP contribution in [-0.4, -0.2) is 22.7 Å². The molecular formula is C14H18N4O3. The van der Waals surface area contributed by atoms with Gasteiger partial charge in [-0.3, -0.25) is 30.8 Å². The SMILES string of the molecule is CC(C)CC1N=C(Cc2ccc([N+](=O)[O-])cc2)NNC1=O. The lowest BCUT2D eigenvalue weighted by atomic mass is 10.0. The molecule has 0 aromatic heterocycles. The maximum absolute atomic E-state index is 11.7. The third-order valence-electron chi connectivity index (χ3n) is 3.16. The number of carbonyl (C=O) groups excluding carboxylic acids is 1. The van der Waals surface area contributed by atoms with Crippen molar-refractivity contribution in [1.82, 2.24) is 10.9 Å². The number of non-ortho nitro benzene ring substituents is 1. The molecule has 0 saturated heterocycles. The molecule has 1 atom stereocenters. The molecule has 0 saturated carbocycles. The van der Waals surface area contributed by atoms with Gasteiger partial charge < -0.3 is 0 Å². The molecular weight excluding hydrogens is 272 g/mol. The van der Waals surface area contributed by atoms with Crippen molar-refractivity contribution in [3.05, 3.63) is 39.9 Å². The van der Waals surface area contributed by atoms with Crippen LogP contribution < -0.4 is 10.9 Å². The average molecular weight is 290 g/mol. The Morgan fingerprint density at radius 2 is 1.95 bits per heavy atom. The van der Waals surface area contributed by atoms with Crippen molar-refractivity contribution < 1.29 is 9.72 Å². The zero-order valence-electron chi connectivity index (χ0n) is 12.0. The maximum atomic E-state index is 11.7. The molecule has 21 heavy (non-hydrogen) atoms. The summed E-state index contributed by atoms with van der Waals surface area (Å²) in [6.45, 7) is 4.08. The van der Waals surface area contributed by atoms with E-state index in [9.17, 15) is 14.9 Å². The minimum atomic E-state index is -0.432. The second kappa shape index (κ2) is 6.34. The smallest absolute Gasteiger partial charge is 0.269 e. The van der Waals surface area contributed by atoms with E-state index in [1.54, 1.807) is 12.1 Å². The van der Waals surface area contributed by atoms with Gasteiger partial charge in [0, 0.05) is 18.6 Å². The quantitative estimate of drug-likeness (QED) is 0.635. The number of amidine groups is 1. The predicted molar refractivity (Wildman–Crippen MR) is 78.8 cm³/mol. The number of benzene rings is 1. The Morgan fingerprint density at radius 3 is 2.52 bits per heavy atom. The number of aliphatic imine (C=N–C) groups is 1. The van der Waals surface area contributed by atoms with Gasteiger partial charge in [-0.05, 0) is 17.9 Å². The van der Waals surface area contributed by atoms with Crippen molar-refractivity contribution in [1.29, 1.82) is 0 Å². The number of nitro groups is 1. The molecule has 0 fully saturated rings. The number of amides is 1. The summed E-state index contributed by atoms with van der Waals surface area (Å²) in [7, 11) is 0. The fourth-order valence-corrected chi connectivity index (χ4v) is 2.12. The molecule has 0 aliphatic carbocycles. The van der Waals surface area contributed by atoms with Gasteiger partial charge in [-0.1, -0.05) is 26.0 Å². The van der Waals surface area contributed by atoms with Gasteiger partial charge in [0.2, 0.25) is 0 Å². The summed E-state index contributed by atoms with van der Waals surface area (Å²) in [4.78, 5) is 26.3. The molecule has 2 rings (SSSR count). The lowest BCUT2D eigenvalue weighted by Crippen LogP contribution is -2.52. The van der Waals surface area contributed by atoms with Crippen LogP contribution in [0, 0.1) is 16.0 Å². The third kappa shape index (κ3) is 4.01. The number of hydrogen-bond acceptors (Lipinski definition) is 5. The lowest BCUT2D eigenvalue weighted by molar-refractivity contribution is -0.384. The van der Waals surface area contributed by atoms with Gasteiger partial charge >= 0.3 is 0 Å². The molecule has 0 radical (unpaired) electrons. The molecule has 7 nitrogen and oxygen atoms in total. The summed E-state index contributed by atoms with van der Waals surface area (Å²) in [5, 5.41) is 10.6. The Morgan fingerprint density at radius 1 is 1.29 bits per heavy atom. The van der Waals surface area contributed by atoms with Crippen LogP contribution in [0.2, 0.25) is 0 Å². The Hall–Kier alpha value is -2.44. The second-order valence-corrected chi connectivity index (χ2v) is 5.44. The zero-order chi connectivity index (χ0) is 15.4. The molecule has 1 heterocycles. The first-order chi connectivity index (χ1) is 9.95. The van der Waals surface area contributed by atoms with Crippen LogP contribution in [0.25, 0.3) is 0 Å². The molecule has 112 valence electrons. The van der Waals surface area contributed by atoms with E-state index in [0.29, 0.717) is 24.6 Å². The van der Waals surface area contributed by atoms with Crippen molar-refractivity contribution in [2.75, 3.05) is 0 Å². The number of nitro benzene ring substituents is 1. The van der Waals surface area contributed by atoms with E-state index in [-0.39, 0.29) is 17.6 Å². The molecule has 1 amide bonds. The number of nitrogens with zero attached hydrogens (tertiary/aromatic N) is 2. The van der Waals surface area contributed by atoms with Crippen LogP contribution in [0.15, 0.2) is 29.3 Å². The number of hydrazine groups is 1. The maximum Gasteiger partial charge on any atom is 0.269 e. The van der Waals surface area contributed by atoms with E-state index in [4.69, 9.17) is 0 Å². The summed E-state index contributed by atoms with van der Waals surface area (Å²) in [5.41, 5.74) is 6.34. The predicted octanol–water partition coefficient (Wildman–Crippen LogP) is 1.58. The van der Waals surface area contributed by atoms with Gasteiger partial charge in [-0.25, -0.2) is 0 Å². The first-order valence-corrected chi connectivity index (χ1v) is 6.81. The first kappa shape index (κ1) is 15.0. The topological polar surface area (TPSA) is 96.6 Å². The van der Waals surface area contributed by atoms with E-state index in [2.05, 4.69) is 15.8 Å². The fourth-order valence-electron chi connectivity index (χ4n) is 2.12. The van der Waals surface area contributed by atoms with Crippen molar-refractivity contribution in [2.45, 2.75) is 32.7 Å². The number of nitrogens with one attached hydrogen (secondary N) is 2. The fraction of sp³-hybridized carbons (Fsp3) is 0.429. The summed E-state index contributed by atoms with van der Waals surface area (Å²) in [6, 6.07) is 5.93. The summed E-state index contributed by atoms with van der Waals surface area (Å²) in [6.07, 6.45) is 1.18. The van der Waals surface area contributed by atoms with E-state index in [1.807, 2.05) is 13.8 Å². The van der Waals surface area contributed by atoms with Crippen LogP contribution >= 0.6 is 0 Å². The Labute approximate surface area is 122 Å². The minimum Gasteiger partial charge on any atom is -0.285 e. The Kier molecular flexibility index (Phi) is 4.52. The second-order valence-electron chi connectivity index (χ2n) is 5.44. The van der Waals surface area contributed by atoms with Gasteiger partial charge in [-0.15, -0.1) is 0 Å². The standard InChI is InChI=1S/C14H18N4O3/c1-9(2)7-12-14(19)17-16-13(15-12)8-10-3-5-11(6-4-10)18(20)21/h3-6,9,12H,7-8H2,1-2H3,(H,15,16)(H,17,19). The van der Waals surface area contributed by atoms with E-state index >= 15 is 0 Å². The summed E-state index contributed by atoms with van der Waals surface area (Å²) in [5.74, 6) is 0.911. The molecule has 1 aliphatic heterocycles. The first-order valence-electron chi connectivity index (χ1n) is 6.81. The minimum absolute atomic E-state index is 0.0586. The number of carbonyl (C=O) groups is 1. The van der Waals surface area contributed by atoms with Crippen LogP contribution in [0.5, 0.6) is 0 Å². The van der Waals surface area contributed by atoms with Gasteiger partial charge in [0.25, 0.3) is 11.6 Å². The van der Waals surface area contributed by atoms with Crippen LogP contribution in [0.1, 0.15) is 25.8 Å². The van der Waals surface area contributed by atoms with Crippen molar-refractivity contribution in [3.63, 3.8) is 0 Å². The molecule has 1 aromatic carbocycles.